The van der Waals surface area contributed by atoms with Crippen LogP contribution in [0.4, 0.5) is 0 Å². The lowest BCUT2D eigenvalue weighted by molar-refractivity contribution is -0.119. The highest BCUT2D eigenvalue weighted by molar-refractivity contribution is 8.00. The molecule has 1 aromatic carbocycles. The molecule has 0 atom stereocenters. The van der Waals surface area contributed by atoms with Gasteiger partial charge >= 0.3 is 0 Å². The quantitative estimate of drug-likeness (QED) is 0.795. The Hall–Kier alpha value is -2.58. The van der Waals surface area contributed by atoms with Crippen molar-refractivity contribution >= 4 is 38.3 Å². The molecule has 1 amide bonds. The van der Waals surface area contributed by atoms with Gasteiger partial charge in [0.25, 0.3) is 10.0 Å². The molecule has 2 aromatic rings. The Balaban J connectivity index is 1.72. The van der Waals surface area contributed by atoms with Gasteiger partial charge in [-0.15, -0.1) is 0 Å². The maximum absolute atomic E-state index is 12.4. The summed E-state index contributed by atoms with van der Waals surface area (Å²) in [6, 6.07) is 10.1. The summed E-state index contributed by atoms with van der Waals surface area (Å²) in [6.07, 6.45) is 0. The van der Waals surface area contributed by atoms with E-state index >= 15 is 0 Å². The van der Waals surface area contributed by atoms with Gasteiger partial charge < -0.3 is 9.73 Å². The molecule has 0 radical (unpaired) electrons. The summed E-state index contributed by atoms with van der Waals surface area (Å²) >= 11 is 5.86. The van der Waals surface area contributed by atoms with Gasteiger partial charge in [-0.3, -0.25) is 14.5 Å². The first-order valence-electron chi connectivity index (χ1n) is 8.13. The number of nitrogens with one attached hydrogen (secondary N) is 2. The van der Waals surface area contributed by atoms with E-state index in [0.717, 1.165) is 5.76 Å². The number of aliphatic imine (C=N–C) groups is 1. The van der Waals surface area contributed by atoms with Crippen LogP contribution in [0.25, 0.3) is 4.91 Å². The Labute approximate surface area is 162 Å². The number of aryl methyl sites for hydroxylation is 1. The number of rotatable bonds is 5. The number of amidine groups is 1. The van der Waals surface area contributed by atoms with Crippen molar-refractivity contribution in [3.63, 3.8) is 0 Å². The fourth-order valence-electron chi connectivity index (χ4n) is 2.66. The van der Waals surface area contributed by atoms with Gasteiger partial charge in [-0.2, -0.15) is 0 Å². The Morgan fingerprint density at radius 1 is 1.19 bits per heavy atom. The van der Waals surface area contributed by atoms with Crippen molar-refractivity contribution < 1.29 is 17.6 Å². The number of halogens is 1. The van der Waals surface area contributed by atoms with Crippen molar-refractivity contribution in [2.45, 2.75) is 20.4 Å². The number of furan rings is 1. The maximum atomic E-state index is 12.4. The lowest BCUT2D eigenvalue weighted by Crippen LogP contribution is -2.28. The van der Waals surface area contributed by atoms with Crippen LogP contribution in [0.1, 0.15) is 24.0 Å². The number of amides is 1. The Morgan fingerprint density at radius 2 is 1.89 bits per heavy atom. The molecular formula is C18H18ClN3O4S. The van der Waals surface area contributed by atoms with Crippen LogP contribution in [0.3, 0.4) is 0 Å². The Kier molecular flexibility index (Phi) is 5.38. The van der Waals surface area contributed by atoms with Crippen molar-refractivity contribution in [2.75, 3.05) is 6.54 Å². The number of benzene rings is 1. The number of sulfonamides is 1. The summed E-state index contributed by atoms with van der Waals surface area (Å²) in [5.41, 5.74) is 0.957. The molecule has 1 aliphatic heterocycles. The molecule has 9 heteroatoms. The van der Waals surface area contributed by atoms with Gasteiger partial charge in [-0.05, 0) is 43.7 Å². The average molecular weight is 408 g/mol. The van der Waals surface area contributed by atoms with Gasteiger partial charge in [0.05, 0.1) is 6.54 Å². The van der Waals surface area contributed by atoms with E-state index in [1.807, 2.05) is 13.0 Å². The SMILES string of the molecule is CC1=C(c2ccc(Cl)cc2)S(=O)(=O)NC1=NCC(=O)NCc1ccc(C)o1. The first-order chi connectivity index (χ1) is 12.8. The average Bonchev–Trinajstić information content (AvgIpc) is 3.12. The Bertz CT molecular complexity index is 1040. The van der Waals surface area contributed by atoms with Gasteiger partial charge in [0, 0.05) is 10.6 Å². The Morgan fingerprint density at radius 3 is 2.52 bits per heavy atom. The van der Waals surface area contributed by atoms with E-state index in [1.165, 1.54) is 0 Å². The van der Waals surface area contributed by atoms with E-state index in [9.17, 15) is 13.2 Å². The predicted molar refractivity (Wildman–Crippen MR) is 104 cm³/mol. The number of hydrogen-bond acceptors (Lipinski definition) is 5. The lowest BCUT2D eigenvalue weighted by Gasteiger charge is -2.03. The minimum absolute atomic E-state index is 0.129. The minimum Gasteiger partial charge on any atom is -0.465 e. The summed E-state index contributed by atoms with van der Waals surface area (Å²) in [4.78, 5) is 16.2. The molecule has 3 rings (SSSR count). The molecule has 1 aromatic heterocycles. The first-order valence-corrected chi connectivity index (χ1v) is 9.99. The third kappa shape index (κ3) is 4.40. The van der Waals surface area contributed by atoms with Crippen molar-refractivity contribution in [3.05, 3.63) is 64.1 Å². The van der Waals surface area contributed by atoms with E-state index < -0.39 is 10.0 Å². The number of carbonyl (C=O) groups excluding carboxylic acids is 1. The van der Waals surface area contributed by atoms with Gasteiger partial charge in [-0.25, -0.2) is 8.42 Å². The topological polar surface area (TPSA) is 101 Å². The van der Waals surface area contributed by atoms with E-state index in [0.29, 0.717) is 21.9 Å². The van der Waals surface area contributed by atoms with Gasteiger partial charge in [-0.1, -0.05) is 23.7 Å². The fourth-order valence-corrected chi connectivity index (χ4v) is 4.31. The third-order valence-corrected chi connectivity index (χ3v) is 5.73. The zero-order valence-corrected chi connectivity index (χ0v) is 16.3. The van der Waals surface area contributed by atoms with Crippen molar-refractivity contribution in [3.8, 4) is 0 Å². The van der Waals surface area contributed by atoms with Crippen molar-refractivity contribution in [1.82, 2.24) is 10.0 Å². The van der Waals surface area contributed by atoms with Gasteiger partial charge in [0.1, 0.15) is 28.8 Å². The monoisotopic (exact) mass is 407 g/mol. The highest BCUT2D eigenvalue weighted by atomic mass is 35.5. The predicted octanol–water partition coefficient (Wildman–Crippen LogP) is 2.62. The molecule has 0 unspecified atom stereocenters. The van der Waals surface area contributed by atoms with E-state index in [1.54, 1.807) is 37.3 Å². The van der Waals surface area contributed by atoms with Crippen molar-refractivity contribution in [1.29, 1.82) is 0 Å². The first kappa shape index (κ1) is 19.2. The summed E-state index contributed by atoms with van der Waals surface area (Å²) in [5, 5.41) is 3.18. The van der Waals surface area contributed by atoms with Crippen LogP contribution in [0, 0.1) is 6.92 Å². The second kappa shape index (κ2) is 7.58. The molecule has 0 bridgehead atoms. The summed E-state index contributed by atoms with van der Waals surface area (Å²) in [7, 11) is -3.74. The van der Waals surface area contributed by atoms with Crippen LogP contribution < -0.4 is 10.0 Å². The molecule has 2 N–H and O–H groups in total. The largest absolute Gasteiger partial charge is 0.465 e. The van der Waals surface area contributed by atoms with Gasteiger partial charge in [0.15, 0.2) is 0 Å². The molecule has 0 fully saturated rings. The standard InChI is InChI=1S/C18H18ClN3O4S/c1-11-3-8-15(26-11)9-20-16(23)10-21-18-12(2)17(27(24,25)22-18)13-4-6-14(19)7-5-13/h3-8H,9-10H2,1-2H3,(H,20,23)(H,21,22). The molecule has 0 aliphatic carbocycles. The van der Waals surface area contributed by atoms with Crippen LogP contribution in [-0.2, 0) is 21.4 Å². The zero-order valence-electron chi connectivity index (χ0n) is 14.7. The maximum Gasteiger partial charge on any atom is 0.264 e. The smallest absolute Gasteiger partial charge is 0.264 e. The van der Waals surface area contributed by atoms with Crippen LogP contribution in [-0.4, -0.2) is 26.7 Å². The highest BCUT2D eigenvalue weighted by Gasteiger charge is 2.32. The fraction of sp³-hybridized carbons (Fsp3) is 0.222. The summed E-state index contributed by atoms with van der Waals surface area (Å²) < 4.78 is 32.6. The summed E-state index contributed by atoms with van der Waals surface area (Å²) in [5.74, 6) is 1.21. The third-order valence-electron chi connectivity index (χ3n) is 3.94. The van der Waals surface area contributed by atoms with Crippen molar-refractivity contribution in [2.24, 2.45) is 4.99 Å². The molecule has 27 heavy (non-hydrogen) atoms. The molecular weight excluding hydrogens is 390 g/mol. The molecule has 7 nitrogen and oxygen atoms in total. The van der Waals surface area contributed by atoms with Gasteiger partial charge in [0.2, 0.25) is 5.91 Å². The molecule has 0 spiro atoms. The number of carbonyl (C=O) groups is 1. The highest BCUT2D eigenvalue weighted by Crippen LogP contribution is 2.30. The van der Waals surface area contributed by atoms with Crippen LogP contribution in [0.15, 0.2) is 51.4 Å². The van der Waals surface area contributed by atoms with E-state index in [4.69, 9.17) is 16.0 Å². The second-order valence-electron chi connectivity index (χ2n) is 6.02. The van der Waals surface area contributed by atoms with Crippen LogP contribution in [0.5, 0.6) is 0 Å². The zero-order chi connectivity index (χ0) is 19.6. The van der Waals surface area contributed by atoms with E-state index in [2.05, 4.69) is 15.0 Å². The minimum atomic E-state index is -3.74. The molecule has 0 saturated carbocycles. The molecule has 142 valence electrons. The van der Waals surface area contributed by atoms with Crippen LogP contribution >= 0.6 is 11.6 Å². The second-order valence-corrected chi connectivity index (χ2v) is 8.08. The molecule has 1 aliphatic rings. The number of hydrogen-bond donors (Lipinski definition) is 2. The van der Waals surface area contributed by atoms with Crippen LogP contribution in [0.2, 0.25) is 5.02 Å². The normalized spacial score (nSPS) is 17.2. The van der Waals surface area contributed by atoms with E-state index in [-0.39, 0.29) is 29.7 Å². The molecule has 0 saturated heterocycles. The molecule has 2 heterocycles. The summed E-state index contributed by atoms with van der Waals surface area (Å²) in [6.45, 7) is 3.50. The number of nitrogens with zero attached hydrogens (tertiary/aromatic N) is 1. The lowest BCUT2D eigenvalue weighted by atomic mass is 10.1.